The van der Waals surface area contributed by atoms with Gasteiger partial charge in [0.05, 0.1) is 17.3 Å². The summed E-state index contributed by atoms with van der Waals surface area (Å²) in [4.78, 5) is 0. The summed E-state index contributed by atoms with van der Waals surface area (Å²) >= 11 is 8.84. The average molecular weight is 363 g/mol. The van der Waals surface area contributed by atoms with E-state index >= 15 is 0 Å². The fourth-order valence-corrected chi connectivity index (χ4v) is 2.24. The predicted molar refractivity (Wildman–Crippen MR) is 79.4 cm³/mol. The van der Waals surface area contributed by atoms with Crippen molar-refractivity contribution in [3.05, 3.63) is 57.0 Å². The number of methoxy groups -OCH3 is 1. The molecular formula is C14H11BrClF2NO. The van der Waals surface area contributed by atoms with E-state index in [0.29, 0.717) is 10.8 Å². The predicted octanol–water partition coefficient (Wildman–Crippen LogP) is 5.00. The highest BCUT2D eigenvalue weighted by Crippen LogP contribution is 2.26. The first-order valence-electron chi connectivity index (χ1n) is 5.72. The summed E-state index contributed by atoms with van der Waals surface area (Å²) in [5.74, 6) is -0.453. The fraction of sp³-hybridized carbons (Fsp3) is 0.143. The normalized spacial score (nSPS) is 10.4. The molecule has 2 nitrogen and oxygen atoms in total. The van der Waals surface area contributed by atoms with Gasteiger partial charge < -0.3 is 10.1 Å². The van der Waals surface area contributed by atoms with Crippen LogP contribution in [0.5, 0.6) is 5.75 Å². The second kappa shape index (κ2) is 6.41. The van der Waals surface area contributed by atoms with E-state index in [1.165, 1.54) is 7.11 Å². The van der Waals surface area contributed by atoms with Crippen molar-refractivity contribution in [1.29, 1.82) is 0 Å². The molecule has 20 heavy (non-hydrogen) atoms. The van der Waals surface area contributed by atoms with Gasteiger partial charge in [-0.15, -0.1) is 0 Å². The van der Waals surface area contributed by atoms with E-state index in [4.69, 9.17) is 16.3 Å². The van der Waals surface area contributed by atoms with Crippen molar-refractivity contribution in [1.82, 2.24) is 0 Å². The number of ether oxygens (including phenoxy) is 1. The molecule has 0 spiro atoms. The molecule has 6 heteroatoms. The van der Waals surface area contributed by atoms with E-state index in [9.17, 15) is 8.78 Å². The molecule has 2 rings (SSSR count). The topological polar surface area (TPSA) is 21.3 Å². The van der Waals surface area contributed by atoms with E-state index in [-0.39, 0.29) is 16.7 Å². The third-order valence-electron chi connectivity index (χ3n) is 2.72. The second-order valence-corrected chi connectivity index (χ2v) is 5.35. The Bertz CT molecular complexity index is 637. The van der Waals surface area contributed by atoms with Gasteiger partial charge in [-0.05, 0) is 40.2 Å². The summed E-state index contributed by atoms with van der Waals surface area (Å²) in [5, 5.41) is 3.37. The lowest BCUT2D eigenvalue weighted by molar-refractivity contribution is 0.410. The lowest BCUT2D eigenvalue weighted by Gasteiger charge is -2.12. The van der Waals surface area contributed by atoms with Crippen LogP contribution in [0.15, 0.2) is 34.8 Å². The maximum atomic E-state index is 13.7. The molecule has 0 saturated heterocycles. The van der Waals surface area contributed by atoms with E-state index in [1.54, 1.807) is 18.2 Å². The fourth-order valence-electron chi connectivity index (χ4n) is 1.73. The van der Waals surface area contributed by atoms with E-state index in [0.717, 1.165) is 17.7 Å². The Balaban J connectivity index is 2.21. The molecule has 2 aromatic carbocycles. The van der Waals surface area contributed by atoms with Gasteiger partial charge in [0, 0.05) is 23.2 Å². The highest BCUT2D eigenvalue weighted by atomic mass is 79.9. The minimum atomic E-state index is -0.542. The van der Waals surface area contributed by atoms with Crippen molar-refractivity contribution in [2.24, 2.45) is 0 Å². The van der Waals surface area contributed by atoms with Gasteiger partial charge in [-0.1, -0.05) is 11.6 Å². The molecular weight excluding hydrogens is 352 g/mol. The maximum absolute atomic E-state index is 13.7. The van der Waals surface area contributed by atoms with Crippen molar-refractivity contribution in [2.75, 3.05) is 12.4 Å². The van der Waals surface area contributed by atoms with Gasteiger partial charge in [-0.25, -0.2) is 8.78 Å². The summed E-state index contributed by atoms with van der Waals surface area (Å²) in [7, 11) is 1.53. The highest BCUT2D eigenvalue weighted by molar-refractivity contribution is 9.10. The van der Waals surface area contributed by atoms with Crippen LogP contribution in [0.25, 0.3) is 0 Å². The monoisotopic (exact) mass is 361 g/mol. The second-order valence-electron chi connectivity index (χ2n) is 4.06. The Labute approximate surface area is 128 Å². The third-order valence-corrected chi connectivity index (χ3v) is 3.56. The SMILES string of the molecule is COc1ccc(Cl)cc1CNc1cc(F)c(Br)cc1F. The number of hydrogen-bond donors (Lipinski definition) is 1. The van der Waals surface area contributed by atoms with Crippen molar-refractivity contribution in [3.8, 4) is 5.75 Å². The Kier molecular flexibility index (Phi) is 4.83. The summed E-state index contributed by atoms with van der Waals surface area (Å²) < 4.78 is 32.3. The van der Waals surface area contributed by atoms with Crippen molar-refractivity contribution in [3.63, 3.8) is 0 Å². The number of rotatable bonds is 4. The minimum Gasteiger partial charge on any atom is -0.496 e. The number of hydrogen-bond acceptors (Lipinski definition) is 2. The molecule has 0 amide bonds. The Morgan fingerprint density at radius 2 is 1.95 bits per heavy atom. The van der Waals surface area contributed by atoms with Crippen LogP contribution in [-0.2, 0) is 6.54 Å². The molecule has 2 aromatic rings. The average Bonchev–Trinajstić information content (AvgIpc) is 2.41. The molecule has 0 bridgehead atoms. The lowest BCUT2D eigenvalue weighted by atomic mass is 10.2. The number of halogens is 4. The van der Waals surface area contributed by atoms with Gasteiger partial charge in [0.1, 0.15) is 17.4 Å². The standard InChI is InChI=1S/C14H11BrClF2NO/c1-20-14-3-2-9(16)4-8(14)7-19-13-6-11(17)10(15)5-12(13)18/h2-6,19H,7H2,1H3. The Morgan fingerprint density at radius 3 is 2.65 bits per heavy atom. The maximum Gasteiger partial charge on any atom is 0.147 e. The number of nitrogens with one attached hydrogen (secondary N) is 1. The summed E-state index contributed by atoms with van der Waals surface area (Å²) in [5.41, 5.74) is 0.829. The first kappa shape index (κ1) is 15.1. The lowest BCUT2D eigenvalue weighted by Crippen LogP contribution is -2.04. The van der Waals surface area contributed by atoms with Crippen molar-refractivity contribution < 1.29 is 13.5 Å². The largest absolute Gasteiger partial charge is 0.496 e. The van der Waals surface area contributed by atoms with Gasteiger partial charge in [0.15, 0.2) is 0 Å². The molecule has 0 saturated carbocycles. The zero-order valence-corrected chi connectivity index (χ0v) is 12.9. The van der Waals surface area contributed by atoms with Gasteiger partial charge in [-0.3, -0.25) is 0 Å². The van der Waals surface area contributed by atoms with Crippen LogP contribution in [0.1, 0.15) is 5.56 Å². The number of benzene rings is 2. The summed E-state index contributed by atoms with van der Waals surface area (Å²) in [6.45, 7) is 0.266. The molecule has 0 fully saturated rings. The molecule has 1 N–H and O–H groups in total. The smallest absolute Gasteiger partial charge is 0.147 e. The van der Waals surface area contributed by atoms with Crippen LogP contribution in [0.3, 0.4) is 0 Å². The summed E-state index contributed by atoms with van der Waals surface area (Å²) in [6.07, 6.45) is 0. The van der Waals surface area contributed by atoms with Crippen molar-refractivity contribution >= 4 is 33.2 Å². The van der Waals surface area contributed by atoms with Crippen LogP contribution >= 0.6 is 27.5 Å². The molecule has 0 aliphatic heterocycles. The van der Waals surface area contributed by atoms with Crippen LogP contribution in [0.4, 0.5) is 14.5 Å². The highest BCUT2D eigenvalue weighted by Gasteiger charge is 2.09. The Hall–Kier alpha value is -1.33. The first-order valence-corrected chi connectivity index (χ1v) is 6.89. The quantitative estimate of drug-likeness (QED) is 0.773. The van der Waals surface area contributed by atoms with E-state index in [1.807, 2.05) is 0 Å². The van der Waals surface area contributed by atoms with E-state index < -0.39 is 11.6 Å². The van der Waals surface area contributed by atoms with Gasteiger partial charge in [0.25, 0.3) is 0 Å². The van der Waals surface area contributed by atoms with Crippen LogP contribution in [0, 0.1) is 11.6 Å². The first-order chi connectivity index (χ1) is 9.51. The Morgan fingerprint density at radius 1 is 1.20 bits per heavy atom. The zero-order valence-electron chi connectivity index (χ0n) is 10.5. The van der Waals surface area contributed by atoms with Crippen molar-refractivity contribution in [2.45, 2.75) is 6.54 Å². The van der Waals surface area contributed by atoms with Crippen LogP contribution in [0.2, 0.25) is 5.02 Å². The van der Waals surface area contributed by atoms with Crippen LogP contribution < -0.4 is 10.1 Å². The summed E-state index contributed by atoms with van der Waals surface area (Å²) in [6, 6.07) is 7.30. The molecule has 0 heterocycles. The molecule has 0 aliphatic carbocycles. The van der Waals surface area contributed by atoms with Gasteiger partial charge in [-0.2, -0.15) is 0 Å². The molecule has 106 valence electrons. The minimum absolute atomic E-state index is 0.0766. The molecule has 0 aromatic heterocycles. The zero-order chi connectivity index (χ0) is 14.7. The third kappa shape index (κ3) is 3.41. The van der Waals surface area contributed by atoms with Gasteiger partial charge >= 0.3 is 0 Å². The van der Waals surface area contributed by atoms with Gasteiger partial charge in [0.2, 0.25) is 0 Å². The molecule has 0 aliphatic rings. The number of anilines is 1. The molecule has 0 radical (unpaired) electrons. The molecule has 0 unspecified atom stereocenters. The molecule has 0 atom stereocenters. The van der Waals surface area contributed by atoms with Crippen LogP contribution in [-0.4, -0.2) is 7.11 Å². The van der Waals surface area contributed by atoms with E-state index in [2.05, 4.69) is 21.2 Å².